The van der Waals surface area contributed by atoms with Crippen molar-refractivity contribution < 1.29 is 9.47 Å². The molecule has 1 aliphatic rings. The summed E-state index contributed by atoms with van der Waals surface area (Å²) in [6.45, 7) is 2.33. The van der Waals surface area contributed by atoms with E-state index >= 15 is 0 Å². The average molecular weight is 462 g/mol. The quantitative estimate of drug-likeness (QED) is 0.703. The maximum Gasteiger partial charge on any atom is 0.231 e. The summed E-state index contributed by atoms with van der Waals surface area (Å²) in [5, 5.41) is 3.12. The fourth-order valence-corrected chi connectivity index (χ4v) is 3.57. The average Bonchev–Trinajstić information content (AvgIpc) is 2.96. The van der Waals surface area contributed by atoms with Crippen molar-refractivity contribution in [2.75, 3.05) is 19.2 Å². The van der Waals surface area contributed by atoms with Gasteiger partial charge in [-0.05, 0) is 57.1 Å². The maximum absolute atomic E-state index is 5.45. The lowest BCUT2D eigenvalue weighted by Gasteiger charge is -2.11. The van der Waals surface area contributed by atoms with Gasteiger partial charge in [-0.1, -0.05) is 6.92 Å². The molecule has 0 bridgehead atoms. The van der Waals surface area contributed by atoms with E-state index < -0.39 is 0 Å². The summed E-state index contributed by atoms with van der Waals surface area (Å²) >= 11 is 5.78. The number of fused-ring (bicyclic) bond motifs is 1. The first kappa shape index (κ1) is 14.8. The van der Waals surface area contributed by atoms with E-state index in [4.69, 9.17) is 9.47 Å². The minimum absolute atomic E-state index is 0.243. The SMILES string of the molecule is CCc1nc(-c2cc(Br)c3c(c2)OCO3)nc(NC)c1I. The molecule has 3 rings (SSSR count). The Kier molecular flexibility index (Phi) is 4.21. The molecule has 1 aliphatic heterocycles. The first-order chi connectivity index (χ1) is 10.1. The number of hydrogen-bond acceptors (Lipinski definition) is 5. The van der Waals surface area contributed by atoms with E-state index in [0.717, 1.165) is 37.3 Å². The number of aryl methyl sites for hydroxylation is 1. The molecule has 1 N–H and O–H groups in total. The van der Waals surface area contributed by atoms with Crippen LogP contribution >= 0.6 is 38.5 Å². The van der Waals surface area contributed by atoms with Crippen molar-refractivity contribution in [2.45, 2.75) is 13.3 Å². The van der Waals surface area contributed by atoms with Crippen LogP contribution in [-0.2, 0) is 6.42 Å². The first-order valence-electron chi connectivity index (χ1n) is 6.47. The summed E-state index contributed by atoms with van der Waals surface area (Å²) in [5.74, 6) is 2.96. The molecule has 21 heavy (non-hydrogen) atoms. The fraction of sp³-hybridized carbons (Fsp3) is 0.286. The van der Waals surface area contributed by atoms with Gasteiger partial charge in [0.05, 0.1) is 13.7 Å². The van der Waals surface area contributed by atoms with Crippen molar-refractivity contribution in [3.63, 3.8) is 0 Å². The first-order valence-corrected chi connectivity index (χ1v) is 8.35. The molecule has 0 radical (unpaired) electrons. The van der Waals surface area contributed by atoms with Crippen molar-refractivity contribution in [2.24, 2.45) is 0 Å². The molecule has 0 saturated heterocycles. The largest absolute Gasteiger partial charge is 0.454 e. The van der Waals surface area contributed by atoms with Crippen molar-refractivity contribution in [1.82, 2.24) is 9.97 Å². The molecular formula is C14H13BrIN3O2. The number of hydrogen-bond donors (Lipinski definition) is 1. The third-order valence-corrected chi connectivity index (χ3v) is 4.90. The zero-order valence-corrected chi connectivity index (χ0v) is 15.3. The molecule has 5 nitrogen and oxygen atoms in total. The highest BCUT2D eigenvalue weighted by atomic mass is 127. The summed E-state index contributed by atoms with van der Waals surface area (Å²) in [5.41, 5.74) is 1.92. The van der Waals surface area contributed by atoms with Crippen LogP contribution in [-0.4, -0.2) is 23.8 Å². The highest BCUT2D eigenvalue weighted by Crippen LogP contribution is 2.42. The molecule has 7 heteroatoms. The summed E-state index contributed by atoms with van der Waals surface area (Å²) < 4.78 is 12.8. The third-order valence-electron chi connectivity index (χ3n) is 3.18. The van der Waals surface area contributed by atoms with Gasteiger partial charge in [0.1, 0.15) is 5.82 Å². The molecule has 0 amide bonds. The molecular weight excluding hydrogens is 449 g/mol. The Bertz CT molecular complexity index is 684. The van der Waals surface area contributed by atoms with Crippen molar-refractivity contribution in [3.8, 4) is 22.9 Å². The van der Waals surface area contributed by atoms with E-state index in [9.17, 15) is 0 Å². The number of rotatable bonds is 3. The van der Waals surface area contributed by atoms with Gasteiger partial charge in [0.2, 0.25) is 6.79 Å². The monoisotopic (exact) mass is 461 g/mol. The number of aromatic nitrogens is 2. The lowest BCUT2D eigenvalue weighted by atomic mass is 10.2. The Morgan fingerprint density at radius 3 is 2.86 bits per heavy atom. The minimum atomic E-state index is 0.243. The van der Waals surface area contributed by atoms with E-state index in [1.165, 1.54) is 0 Å². The van der Waals surface area contributed by atoms with Crippen LogP contribution in [0.4, 0.5) is 5.82 Å². The lowest BCUT2D eigenvalue weighted by Crippen LogP contribution is -2.04. The van der Waals surface area contributed by atoms with Crippen LogP contribution in [0, 0.1) is 3.57 Å². The Balaban J connectivity index is 2.14. The van der Waals surface area contributed by atoms with Crippen LogP contribution in [0.5, 0.6) is 11.5 Å². The minimum Gasteiger partial charge on any atom is -0.454 e. The molecule has 0 saturated carbocycles. The molecule has 0 atom stereocenters. The second kappa shape index (κ2) is 5.96. The van der Waals surface area contributed by atoms with Crippen molar-refractivity contribution >= 4 is 44.3 Å². The third kappa shape index (κ3) is 2.68. The molecule has 1 aromatic carbocycles. The standard InChI is InChI=1S/C14H13BrIN3O2/c1-3-9-11(16)14(17-2)19-13(18-9)7-4-8(15)12-10(5-7)20-6-21-12/h4-5H,3,6H2,1-2H3,(H,17,18,19). The van der Waals surface area contributed by atoms with Crippen LogP contribution in [0.15, 0.2) is 16.6 Å². The normalized spacial score (nSPS) is 12.6. The van der Waals surface area contributed by atoms with Gasteiger partial charge in [-0.25, -0.2) is 9.97 Å². The van der Waals surface area contributed by atoms with Gasteiger partial charge in [0.25, 0.3) is 0 Å². The van der Waals surface area contributed by atoms with Gasteiger partial charge in [-0.3, -0.25) is 0 Å². The zero-order valence-electron chi connectivity index (χ0n) is 11.5. The van der Waals surface area contributed by atoms with Gasteiger partial charge in [0.15, 0.2) is 17.3 Å². The molecule has 1 aromatic heterocycles. The summed E-state index contributed by atoms with van der Waals surface area (Å²) in [7, 11) is 1.86. The van der Waals surface area contributed by atoms with E-state index in [2.05, 4.69) is 60.7 Å². The number of nitrogens with one attached hydrogen (secondary N) is 1. The number of anilines is 1. The Labute approximate surface area is 144 Å². The molecule has 2 aromatic rings. The Hall–Kier alpha value is -1.09. The molecule has 0 unspecified atom stereocenters. The molecule has 0 spiro atoms. The van der Waals surface area contributed by atoms with E-state index in [1.807, 2.05) is 19.2 Å². The topological polar surface area (TPSA) is 56.3 Å². The van der Waals surface area contributed by atoms with Crippen LogP contribution in [0.25, 0.3) is 11.4 Å². The number of benzene rings is 1. The number of halogens is 2. The Morgan fingerprint density at radius 1 is 1.33 bits per heavy atom. The van der Waals surface area contributed by atoms with Crippen LogP contribution in [0.3, 0.4) is 0 Å². The molecule has 110 valence electrons. The fourth-order valence-electron chi connectivity index (χ4n) is 2.12. The number of nitrogens with zero attached hydrogens (tertiary/aromatic N) is 2. The number of ether oxygens (including phenoxy) is 2. The zero-order chi connectivity index (χ0) is 15.0. The van der Waals surface area contributed by atoms with Crippen molar-refractivity contribution in [3.05, 3.63) is 25.9 Å². The molecule has 0 aliphatic carbocycles. The van der Waals surface area contributed by atoms with Gasteiger partial charge >= 0.3 is 0 Å². The van der Waals surface area contributed by atoms with Gasteiger partial charge < -0.3 is 14.8 Å². The van der Waals surface area contributed by atoms with Gasteiger partial charge in [-0.2, -0.15) is 0 Å². The summed E-state index contributed by atoms with van der Waals surface area (Å²) in [4.78, 5) is 9.25. The molecule has 0 fully saturated rings. The predicted octanol–water partition coefficient (Wildman–Crippen LogP) is 3.84. The maximum atomic E-state index is 5.45. The lowest BCUT2D eigenvalue weighted by molar-refractivity contribution is 0.173. The highest BCUT2D eigenvalue weighted by Gasteiger charge is 2.20. The highest BCUT2D eigenvalue weighted by molar-refractivity contribution is 14.1. The van der Waals surface area contributed by atoms with Crippen LogP contribution in [0.1, 0.15) is 12.6 Å². The Morgan fingerprint density at radius 2 is 2.14 bits per heavy atom. The smallest absolute Gasteiger partial charge is 0.231 e. The van der Waals surface area contributed by atoms with Crippen LogP contribution < -0.4 is 14.8 Å². The van der Waals surface area contributed by atoms with E-state index in [1.54, 1.807) is 0 Å². The van der Waals surface area contributed by atoms with Gasteiger partial charge in [-0.15, -0.1) is 0 Å². The van der Waals surface area contributed by atoms with Gasteiger partial charge in [0, 0.05) is 12.6 Å². The predicted molar refractivity (Wildman–Crippen MR) is 92.9 cm³/mol. The summed E-state index contributed by atoms with van der Waals surface area (Å²) in [6, 6.07) is 3.86. The van der Waals surface area contributed by atoms with Crippen LogP contribution in [0.2, 0.25) is 0 Å². The van der Waals surface area contributed by atoms with Crippen molar-refractivity contribution in [1.29, 1.82) is 0 Å². The van der Waals surface area contributed by atoms with E-state index in [-0.39, 0.29) is 6.79 Å². The van der Waals surface area contributed by atoms with E-state index in [0.29, 0.717) is 11.6 Å². The summed E-state index contributed by atoms with van der Waals surface area (Å²) in [6.07, 6.45) is 0.855. The molecule has 2 heterocycles. The second-order valence-corrected chi connectivity index (χ2v) is 6.38. The second-order valence-electron chi connectivity index (χ2n) is 4.45.